The summed E-state index contributed by atoms with van der Waals surface area (Å²) in [4.78, 5) is 7.45. The summed E-state index contributed by atoms with van der Waals surface area (Å²) in [5.74, 6) is 0. The third-order valence-electron chi connectivity index (χ3n) is 3.63. The molecule has 1 aliphatic carbocycles. The van der Waals surface area contributed by atoms with Gasteiger partial charge in [0.1, 0.15) is 0 Å². The van der Waals surface area contributed by atoms with E-state index in [0.717, 1.165) is 10.7 Å². The molecule has 0 radical (unpaired) electrons. The number of aryl methyl sites for hydroxylation is 3. The Morgan fingerprint density at radius 1 is 1.28 bits per heavy atom. The Bertz CT molecular complexity index is 736. The average molecular weight is 254 g/mol. The molecule has 0 fully saturated rings. The highest BCUT2D eigenvalue weighted by Gasteiger charge is 2.19. The molecule has 0 saturated carbocycles. The lowest BCUT2D eigenvalue weighted by molar-refractivity contribution is 0.888. The van der Waals surface area contributed by atoms with Crippen LogP contribution in [0, 0.1) is 6.92 Å². The Kier molecular flexibility index (Phi) is 2.12. The van der Waals surface area contributed by atoms with Gasteiger partial charge in [0.25, 0.3) is 0 Å². The van der Waals surface area contributed by atoms with E-state index < -0.39 is 0 Å². The molecule has 0 N–H and O–H groups in total. The highest BCUT2D eigenvalue weighted by molar-refractivity contribution is 7.17. The maximum atomic E-state index is 4.77. The molecule has 2 nitrogen and oxygen atoms in total. The van der Waals surface area contributed by atoms with Crippen molar-refractivity contribution in [1.29, 1.82) is 0 Å². The zero-order valence-electron chi connectivity index (χ0n) is 10.3. The van der Waals surface area contributed by atoms with Crippen molar-refractivity contribution in [2.75, 3.05) is 0 Å². The lowest BCUT2D eigenvalue weighted by Gasteiger charge is -1.97. The van der Waals surface area contributed by atoms with E-state index in [4.69, 9.17) is 4.98 Å². The van der Waals surface area contributed by atoms with Gasteiger partial charge in [-0.05, 0) is 32.3 Å². The molecule has 0 saturated heterocycles. The van der Waals surface area contributed by atoms with E-state index in [0.29, 0.717) is 0 Å². The van der Waals surface area contributed by atoms with Crippen LogP contribution in [0.2, 0.25) is 0 Å². The number of thiazole rings is 1. The first kappa shape index (κ1) is 10.3. The minimum Gasteiger partial charge on any atom is -0.294 e. The lowest BCUT2D eigenvalue weighted by Crippen LogP contribution is -1.85. The monoisotopic (exact) mass is 254 g/mol. The highest BCUT2D eigenvalue weighted by Crippen LogP contribution is 2.32. The Balaban J connectivity index is 1.89. The summed E-state index contributed by atoms with van der Waals surface area (Å²) < 4.78 is 2.30. The normalized spacial score (nSPS) is 14.3. The summed E-state index contributed by atoms with van der Waals surface area (Å²) in [6.45, 7) is 2.12. The molecule has 1 aromatic carbocycles. The summed E-state index contributed by atoms with van der Waals surface area (Å²) in [5.41, 5.74) is 5.09. The van der Waals surface area contributed by atoms with E-state index in [9.17, 15) is 0 Å². The summed E-state index contributed by atoms with van der Waals surface area (Å²) >= 11 is 1.86. The van der Waals surface area contributed by atoms with Crippen molar-refractivity contribution in [3.05, 3.63) is 46.6 Å². The zero-order valence-corrected chi connectivity index (χ0v) is 11.1. The van der Waals surface area contributed by atoms with Gasteiger partial charge < -0.3 is 0 Å². The smallest absolute Gasteiger partial charge is 0.194 e. The minimum atomic E-state index is 1.10. The van der Waals surface area contributed by atoms with Gasteiger partial charge in [0.2, 0.25) is 0 Å². The first-order valence-electron chi connectivity index (χ1n) is 6.38. The summed E-state index contributed by atoms with van der Waals surface area (Å²) in [7, 11) is 0. The number of fused-ring (bicyclic) bond motifs is 3. The molecule has 0 atom stereocenters. The number of nitrogens with zero attached hydrogens (tertiary/aromatic N) is 2. The van der Waals surface area contributed by atoms with Crippen LogP contribution in [-0.4, -0.2) is 9.38 Å². The SMILES string of the molecule is Cc1cccc(-c2cn3c4c(sc3n2)CCC4)c1. The molecular weight excluding hydrogens is 240 g/mol. The minimum absolute atomic E-state index is 1.10. The van der Waals surface area contributed by atoms with Gasteiger partial charge in [-0.1, -0.05) is 23.8 Å². The van der Waals surface area contributed by atoms with E-state index in [2.05, 4.69) is 41.8 Å². The Morgan fingerprint density at radius 3 is 3.11 bits per heavy atom. The molecule has 0 bridgehead atoms. The van der Waals surface area contributed by atoms with Crippen molar-refractivity contribution < 1.29 is 0 Å². The van der Waals surface area contributed by atoms with Gasteiger partial charge in [-0.3, -0.25) is 4.40 Å². The second-order valence-electron chi connectivity index (χ2n) is 4.97. The second-order valence-corrected chi connectivity index (χ2v) is 6.04. The van der Waals surface area contributed by atoms with Crippen molar-refractivity contribution in [2.45, 2.75) is 26.2 Å². The van der Waals surface area contributed by atoms with Crippen LogP contribution < -0.4 is 0 Å². The molecule has 4 rings (SSSR count). The fourth-order valence-electron chi connectivity index (χ4n) is 2.75. The number of rotatable bonds is 1. The predicted octanol–water partition coefficient (Wildman–Crippen LogP) is 3.86. The number of aromatic nitrogens is 2. The maximum absolute atomic E-state index is 4.77. The topological polar surface area (TPSA) is 17.3 Å². The number of benzene rings is 1. The van der Waals surface area contributed by atoms with Crippen LogP contribution >= 0.6 is 11.3 Å². The summed E-state index contributed by atoms with van der Waals surface area (Å²) in [6.07, 6.45) is 5.95. The van der Waals surface area contributed by atoms with Crippen molar-refractivity contribution in [2.24, 2.45) is 0 Å². The van der Waals surface area contributed by atoms with Gasteiger partial charge in [0.15, 0.2) is 4.96 Å². The van der Waals surface area contributed by atoms with E-state index in [-0.39, 0.29) is 0 Å². The third kappa shape index (κ3) is 1.44. The van der Waals surface area contributed by atoms with E-state index in [1.165, 1.54) is 41.0 Å². The lowest BCUT2D eigenvalue weighted by atomic mass is 10.1. The van der Waals surface area contributed by atoms with Crippen LogP contribution in [0.3, 0.4) is 0 Å². The Labute approximate surface area is 110 Å². The molecule has 0 amide bonds. The quantitative estimate of drug-likeness (QED) is 0.644. The predicted molar refractivity (Wildman–Crippen MR) is 75.3 cm³/mol. The Morgan fingerprint density at radius 2 is 2.22 bits per heavy atom. The van der Waals surface area contributed by atoms with Gasteiger partial charge in [-0.25, -0.2) is 4.98 Å². The van der Waals surface area contributed by atoms with Gasteiger partial charge in [0.05, 0.1) is 5.69 Å². The molecule has 2 aromatic heterocycles. The summed E-state index contributed by atoms with van der Waals surface area (Å²) in [6, 6.07) is 8.56. The van der Waals surface area contributed by atoms with Crippen molar-refractivity contribution in [1.82, 2.24) is 9.38 Å². The number of imidazole rings is 1. The molecule has 3 heteroatoms. The molecule has 18 heavy (non-hydrogen) atoms. The first-order valence-corrected chi connectivity index (χ1v) is 7.19. The standard InChI is InChI=1S/C15H14N2S/c1-10-4-2-5-11(8-10)12-9-17-13-6-3-7-14(13)18-15(17)16-12/h2,4-5,8-9H,3,6-7H2,1H3. The fourth-order valence-corrected chi connectivity index (χ4v) is 3.94. The Hall–Kier alpha value is -1.61. The van der Waals surface area contributed by atoms with Gasteiger partial charge >= 0.3 is 0 Å². The van der Waals surface area contributed by atoms with Gasteiger partial charge in [-0.2, -0.15) is 0 Å². The van der Waals surface area contributed by atoms with Gasteiger partial charge in [-0.15, -0.1) is 11.3 Å². The highest BCUT2D eigenvalue weighted by atomic mass is 32.1. The number of hydrogen-bond donors (Lipinski definition) is 0. The van der Waals surface area contributed by atoms with Crippen LogP contribution in [0.4, 0.5) is 0 Å². The molecule has 90 valence electrons. The zero-order chi connectivity index (χ0) is 12.1. The average Bonchev–Trinajstić information content (AvgIpc) is 2.99. The molecule has 0 aliphatic heterocycles. The number of hydrogen-bond acceptors (Lipinski definition) is 2. The summed E-state index contributed by atoms with van der Waals surface area (Å²) in [5, 5.41) is 0. The molecule has 1 aliphatic rings. The molecule has 2 heterocycles. The van der Waals surface area contributed by atoms with Crippen LogP contribution in [0.25, 0.3) is 16.2 Å². The molecule has 0 spiro atoms. The van der Waals surface area contributed by atoms with Crippen LogP contribution in [0.15, 0.2) is 30.5 Å². The maximum Gasteiger partial charge on any atom is 0.194 e. The van der Waals surface area contributed by atoms with Crippen molar-refractivity contribution in [3.63, 3.8) is 0 Å². The molecule has 3 aromatic rings. The van der Waals surface area contributed by atoms with E-state index >= 15 is 0 Å². The van der Waals surface area contributed by atoms with Crippen LogP contribution in [0.5, 0.6) is 0 Å². The van der Waals surface area contributed by atoms with E-state index in [1.807, 2.05) is 11.3 Å². The largest absolute Gasteiger partial charge is 0.294 e. The van der Waals surface area contributed by atoms with Crippen molar-refractivity contribution in [3.8, 4) is 11.3 Å². The van der Waals surface area contributed by atoms with Crippen molar-refractivity contribution >= 4 is 16.3 Å². The van der Waals surface area contributed by atoms with Crippen LogP contribution in [-0.2, 0) is 12.8 Å². The van der Waals surface area contributed by atoms with Crippen LogP contribution in [0.1, 0.15) is 22.6 Å². The first-order chi connectivity index (χ1) is 8.81. The van der Waals surface area contributed by atoms with Gasteiger partial charge in [0, 0.05) is 22.3 Å². The van der Waals surface area contributed by atoms with E-state index in [1.54, 1.807) is 0 Å². The third-order valence-corrected chi connectivity index (χ3v) is 4.79. The molecular formula is C15H14N2S. The molecule has 0 unspecified atom stereocenters. The fraction of sp³-hybridized carbons (Fsp3) is 0.267. The second kappa shape index (κ2) is 3.69.